The standard InChI is InChI=1S/C35H41N5O5/c1-3-22(2)31(40-32(41)27(36)20-25-21-37-28-17-11-10-16-26(25)28)34(43)38-29(18-23-12-6-4-7-13-23)33(42)39-30(35(44)45)19-24-14-8-5-9-15-24/h4-17,21-22,27,29-31,37H,3,18-20,36H2,1-2H3,(H,38,43)(H,39,42)(H,40,41)(H,44,45). The maximum atomic E-state index is 13.7. The highest BCUT2D eigenvalue weighted by Gasteiger charge is 2.33. The van der Waals surface area contributed by atoms with Crippen molar-refractivity contribution in [3.8, 4) is 0 Å². The number of carboxylic acids is 1. The average molecular weight is 612 g/mol. The second-order valence-corrected chi connectivity index (χ2v) is 11.4. The molecule has 1 heterocycles. The summed E-state index contributed by atoms with van der Waals surface area (Å²) in [7, 11) is 0. The summed E-state index contributed by atoms with van der Waals surface area (Å²) in [4.78, 5) is 55.8. The number of fused-ring (bicyclic) bond motifs is 1. The molecular weight excluding hydrogens is 570 g/mol. The van der Waals surface area contributed by atoms with E-state index < -0.39 is 47.9 Å². The Hall–Kier alpha value is -4.96. The molecule has 5 unspecified atom stereocenters. The van der Waals surface area contributed by atoms with Gasteiger partial charge in [-0.1, -0.05) is 99.1 Å². The highest BCUT2D eigenvalue weighted by atomic mass is 16.4. The molecule has 5 atom stereocenters. The molecule has 4 rings (SSSR count). The molecule has 0 aliphatic heterocycles. The van der Waals surface area contributed by atoms with Gasteiger partial charge in [0, 0.05) is 29.9 Å². The number of carbonyl (C=O) groups excluding carboxylic acids is 3. The Morgan fingerprint density at radius 1 is 0.733 bits per heavy atom. The topological polar surface area (TPSA) is 166 Å². The first-order valence-corrected chi connectivity index (χ1v) is 15.2. The molecule has 3 aromatic carbocycles. The molecule has 236 valence electrons. The van der Waals surface area contributed by atoms with Crippen molar-refractivity contribution in [3.63, 3.8) is 0 Å². The lowest BCUT2D eigenvalue weighted by Crippen LogP contribution is -2.59. The van der Waals surface area contributed by atoms with Crippen LogP contribution in [0.5, 0.6) is 0 Å². The van der Waals surface area contributed by atoms with Crippen molar-refractivity contribution in [1.82, 2.24) is 20.9 Å². The number of H-pyrrole nitrogens is 1. The molecule has 0 radical (unpaired) electrons. The van der Waals surface area contributed by atoms with Crippen molar-refractivity contribution < 1.29 is 24.3 Å². The summed E-state index contributed by atoms with van der Waals surface area (Å²) < 4.78 is 0. The molecule has 45 heavy (non-hydrogen) atoms. The second kappa shape index (κ2) is 15.7. The molecule has 0 aliphatic rings. The van der Waals surface area contributed by atoms with Gasteiger partial charge in [0.05, 0.1) is 6.04 Å². The largest absolute Gasteiger partial charge is 0.480 e. The van der Waals surface area contributed by atoms with Gasteiger partial charge in [0.25, 0.3) is 0 Å². The van der Waals surface area contributed by atoms with Crippen LogP contribution in [-0.2, 0) is 38.4 Å². The Morgan fingerprint density at radius 2 is 1.29 bits per heavy atom. The number of benzene rings is 3. The first kappa shape index (κ1) is 32.9. The minimum Gasteiger partial charge on any atom is -0.480 e. The van der Waals surface area contributed by atoms with Crippen LogP contribution in [0.3, 0.4) is 0 Å². The minimum absolute atomic E-state index is 0.0772. The van der Waals surface area contributed by atoms with E-state index in [0.29, 0.717) is 6.42 Å². The van der Waals surface area contributed by atoms with E-state index in [-0.39, 0.29) is 25.2 Å². The summed E-state index contributed by atoms with van der Waals surface area (Å²) in [5, 5.41) is 19.1. The molecule has 0 aliphatic carbocycles. The summed E-state index contributed by atoms with van der Waals surface area (Å²) in [5.74, 6) is -3.15. The highest BCUT2D eigenvalue weighted by molar-refractivity contribution is 5.94. The smallest absolute Gasteiger partial charge is 0.326 e. The van der Waals surface area contributed by atoms with Gasteiger partial charge in [0.2, 0.25) is 17.7 Å². The fraction of sp³-hybridized carbons (Fsp3) is 0.314. The number of aliphatic carboxylic acids is 1. The number of aromatic nitrogens is 1. The molecule has 7 N–H and O–H groups in total. The molecule has 4 aromatic rings. The maximum absolute atomic E-state index is 13.7. The van der Waals surface area contributed by atoms with Crippen molar-refractivity contribution in [1.29, 1.82) is 0 Å². The predicted molar refractivity (Wildman–Crippen MR) is 173 cm³/mol. The van der Waals surface area contributed by atoms with Gasteiger partial charge in [-0.05, 0) is 35.1 Å². The lowest BCUT2D eigenvalue weighted by Gasteiger charge is -2.28. The van der Waals surface area contributed by atoms with Crippen LogP contribution in [0.4, 0.5) is 0 Å². The lowest BCUT2D eigenvalue weighted by molar-refractivity contribution is -0.142. The monoisotopic (exact) mass is 611 g/mol. The summed E-state index contributed by atoms with van der Waals surface area (Å²) >= 11 is 0. The quantitative estimate of drug-likeness (QED) is 0.121. The Kier molecular flexibility index (Phi) is 11.5. The maximum Gasteiger partial charge on any atom is 0.326 e. The third-order valence-electron chi connectivity index (χ3n) is 8.06. The fourth-order valence-electron chi connectivity index (χ4n) is 5.24. The average Bonchev–Trinajstić information content (AvgIpc) is 3.45. The van der Waals surface area contributed by atoms with Crippen LogP contribution in [0.15, 0.2) is 91.1 Å². The molecule has 0 spiro atoms. The van der Waals surface area contributed by atoms with Crippen molar-refractivity contribution in [2.75, 3.05) is 0 Å². The van der Waals surface area contributed by atoms with E-state index in [4.69, 9.17) is 5.73 Å². The zero-order valence-electron chi connectivity index (χ0n) is 25.5. The number of hydrogen-bond donors (Lipinski definition) is 6. The number of carbonyl (C=O) groups is 4. The Bertz CT molecular complexity index is 1590. The van der Waals surface area contributed by atoms with Crippen molar-refractivity contribution in [3.05, 3.63) is 108 Å². The SMILES string of the molecule is CCC(C)C(NC(=O)C(N)Cc1c[nH]c2ccccc12)C(=O)NC(Cc1ccccc1)C(=O)NC(Cc1ccccc1)C(=O)O. The van der Waals surface area contributed by atoms with Gasteiger partial charge < -0.3 is 31.8 Å². The number of para-hydroxylation sites is 1. The number of amides is 3. The van der Waals surface area contributed by atoms with Crippen molar-refractivity contribution in [2.24, 2.45) is 11.7 Å². The van der Waals surface area contributed by atoms with Gasteiger partial charge in [0.15, 0.2) is 0 Å². The minimum atomic E-state index is -1.21. The number of aromatic amines is 1. The van der Waals surface area contributed by atoms with E-state index in [2.05, 4.69) is 20.9 Å². The second-order valence-electron chi connectivity index (χ2n) is 11.4. The number of rotatable bonds is 15. The van der Waals surface area contributed by atoms with Gasteiger partial charge in [-0.3, -0.25) is 14.4 Å². The molecule has 1 aromatic heterocycles. The molecule has 3 amide bonds. The normalized spacial score (nSPS) is 14.5. The van der Waals surface area contributed by atoms with Crippen molar-refractivity contribution in [2.45, 2.75) is 63.7 Å². The van der Waals surface area contributed by atoms with Crippen LogP contribution >= 0.6 is 0 Å². The third kappa shape index (κ3) is 9.02. The lowest BCUT2D eigenvalue weighted by atomic mass is 9.96. The number of nitrogens with two attached hydrogens (primary N) is 1. The van der Waals surface area contributed by atoms with Gasteiger partial charge in [0.1, 0.15) is 18.1 Å². The van der Waals surface area contributed by atoms with Crippen molar-refractivity contribution >= 4 is 34.6 Å². The third-order valence-corrected chi connectivity index (χ3v) is 8.06. The summed E-state index contributed by atoms with van der Waals surface area (Å²) in [5.41, 5.74) is 9.66. The molecule has 0 fully saturated rings. The highest BCUT2D eigenvalue weighted by Crippen LogP contribution is 2.19. The van der Waals surface area contributed by atoms with Gasteiger partial charge in [-0.15, -0.1) is 0 Å². The number of nitrogens with one attached hydrogen (secondary N) is 4. The van der Waals surface area contributed by atoms with Crippen LogP contribution < -0.4 is 21.7 Å². The van der Waals surface area contributed by atoms with Gasteiger partial charge in [-0.2, -0.15) is 0 Å². The Morgan fingerprint density at radius 3 is 1.89 bits per heavy atom. The van der Waals surface area contributed by atoms with Crippen LogP contribution in [0.2, 0.25) is 0 Å². The fourth-order valence-corrected chi connectivity index (χ4v) is 5.24. The first-order chi connectivity index (χ1) is 21.7. The molecule has 0 bridgehead atoms. The molecular formula is C35H41N5O5. The Balaban J connectivity index is 1.49. The van der Waals surface area contributed by atoms with E-state index in [1.165, 1.54) is 0 Å². The van der Waals surface area contributed by atoms with Crippen LogP contribution in [0.25, 0.3) is 10.9 Å². The molecule has 0 saturated carbocycles. The Labute approximate surface area is 262 Å². The van der Waals surface area contributed by atoms with E-state index in [9.17, 15) is 24.3 Å². The van der Waals surface area contributed by atoms with E-state index in [1.807, 2.05) is 80.7 Å². The predicted octanol–water partition coefficient (Wildman–Crippen LogP) is 3.11. The summed E-state index contributed by atoms with van der Waals surface area (Å²) in [6.45, 7) is 3.74. The summed E-state index contributed by atoms with van der Waals surface area (Å²) in [6.07, 6.45) is 2.86. The molecule has 0 saturated heterocycles. The first-order valence-electron chi connectivity index (χ1n) is 15.2. The summed E-state index contributed by atoms with van der Waals surface area (Å²) in [6, 6.07) is 21.6. The van der Waals surface area contributed by atoms with Gasteiger partial charge in [-0.25, -0.2) is 4.79 Å². The van der Waals surface area contributed by atoms with Gasteiger partial charge >= 0.3 is 5.97 Å². The number of hydrogen-bond acceptors (Lipinski definition) is 5. The van der Waals surface area contributed by atoms with E-state index >= 15 is 0 Å². The van der Waals surface area contributed by atoms with E-state index in [0.717, 1.165) is 27.6 Å². The zero-order chi connectivity index (χ0) is 32.3. The van der Waals surface area contributed by atoms with Crippen LogP contribution in [0.1, 0.15) is 37.0 Å². The molecule has 10 nitrogen and oxygen atoms in total. The number of carboxylic acid groups (broad SMARTS) is 1. The zero-order valence-corrected chi connectivity index (χ0v) is 25.5. The molecule has 10 heteroatoms. The van der Waals surface area contributed by atoms with E-state index in [1.54, 1.807) is 24.3 Å². The van der Waals surface area contributed by atoms with Crippen LogP contribution in [-0.4, -0.2) is 57.9 Å². The van der Waals surface area contributed by atoms with Crippen LogP contribution in [0, 0.1) is 5.92 Å².